The Morgan fingerprint density at radius 3 is 2.57 bits per heavy atom. The standard InChI is InChI=1S/C14H19ClN2O4/c1-10(18)16-13-9-11(15)3-4-12(13)17-14(19)5-6-21-8-7-20-2/h3-4,9H,5-8H2,1-2H3,(H,16,18)(H,17,19). The number of rotatable bonds is 8. The summed E-state index contributed by atoms with van der Waals surface area (Å²) in [7, 11) is 1.58. The number of benzene rings is 1. The number of amides is 2. The molecule has 0 spiro atoms. The van der Waals surface area contributed by atoms with E-state index < -0.39 is 0 Å². The molecule has 1 rings (SSSR count). The van der Waals surface area contributed by atoms with Crippen LogP contribution in [-0.4, -0.2) is 38.7 Å². The molecule has 7 heteroatoms. The second kappa shape index (κ2) is 9.33. The summed E-state index contributed by atoms with van der Waals surface area (Å²) in [5.41, 5.74) is 0.958. The molecule has 0 bridgehead atoms. The summed E-state index contributed by atoms with van der Waals surface area (Å²) in [6.07, 6.45) is 0.214. The van der Waals surface area contributed by atoms with Gasteiger partial charge in [-0.25, -0.2) is 0 Å². The van der Waals surface area contributed by atoms with Crippen molar-refractivity contribution in [2.75, 3.05) is 37.6 Å². The molecule has 1 aromatic carbocycles. The van der Waals surface area contributed by atoms with Crippen LogP contribution in [0.25, 0.3) is 0 Å². The van der Waals surface area contributed by atoms with Gasteiger partial charge in [0, 0.05) is 19.1 Å². The SMILES string of the molecule is COCCOCCC(=O)Nc1ccc(Cl)cc1NC(C)=O. The van der Waals surface area contributed by atoms with E-state index in [9.17, 15) is 9.59 Å². The second-order valence-corrected chi connectivity index (χ2v) is 4.71. The van der Waals surface area contributed by atoms with Crippen LogP contribution in [0.5, 0.6) is 0 Å². The van der Waals surface area contributed by atoms with Crippen molar-refractivity contribution in [1.29, 1.82) is 0 Å². The molecule has 116 valence electrons. The van der Waals surface area contributed by atoms with Crippen LogP contribution in [0.4, 0.5) is 11.4 Å². The molecule has 1 aromatic rings. The Morgan fingerprint density at radius 2 is 1.90 bits per heavy atom. The molecule has 2 amide bonds. The molecular weight excluding hydrogens is 296 g/mol. The van der Waals surface area contributed by atoms with Gasteiger partial charge in [0.05, 0.1) is 37.6 Å². The van der Waals surface area contributed by atoms with Crippen molar-refractivity contribution in [1.82, 2.24) is 0 Å². The second-order valence-electron chi connectivity index (χ2n) is 4.27. The number of nitrogens with one attached hydrogen (secondary N) is 2. The quantitative estimate of drug-likeness (QED) is 0.722. The number of carbonyl (C=O) groups is 2. The molecule has 21 heavy (non-hydrogen) atoms. The zero-order valence-electron chi connectivity index (χ0n) is 12.1. The number of methoxy groups -OCH3 is 1. The highest BCUT2D eigenvalue weighted by Gasteiger charge is 2.09. The maximum atomic E-state index is 11.8. The summed E-state index contributed by atoms with van der Waals surface area (Å²) in [4.78, 5) is 22.9. The maximum absolute atomic E-state index is 11.8. The first-order chi connectivity index (χ1) is 10.0. The molecule has 0 saturated heterocycles. The number of hydrogen-bond donors (Lipinski definition) is 2. The van der Waals surface area contributed by atoms with Crippen molar-refractivity contribution >= 4 is 34.8 Å². The summed E-state index contributed by atoms with van der Waals surface area (Å²) in [6.45, 7) is 2.63. The third kappa shape index (κ3) is 7.08. The monoisotopic (exact) mass is 314 g/mol. The lowest BCUT2D eigenvalue weighted by Crippen LogP contribution is -2.17. The van der Waals surface area contributed by atoms with Crippen molar-refractivity contribution in [3.05, 3.63) is 23.2 Å². The van der Waals surface area contributed by atoms with Gasteiger partial charge in [0.1, 0.15) is 0 Å². The maximum Gasteiger partial charge on any atom is 0.226 e. The van der Waals surface area contributed by atoms with Crippen molar-refractivity contribution in [2.24, 2.45) is 0 Å². The van der Waals surface area contributed by atoms with Crippen LogP contribution in [0, 0.1) is 0 Å². The van der Waals surface area contributed by atoms with Crippen LogP contribution >= 0.6 is 11.6 Å². The third-order valence-corrected chi connectivity index (χ3v) is 2.71. The lowest BCUT2D eigenvalue weighted by atomic mass is 10.2. The Balaban J connectivity index is 2.53. The number of ether oxygens (including phenoxy) is 2. The molecule has 0 fully saturated rings. The summed E-state index contributed by atoms with van der Waals surface area (Å²) < 4.78 is 10.0. The van der Waals surface area contributed by atoms with E-state index in [-0.39, 0.29) is 18.2 Å². The zero-order chi connectivity index (χ0) is 15.7. The Hall–Kier alpha value is -1.63. The van der Waals surface area contributed by atoms with Crippen molar-refractivity contribution in [2.45, 2.75) is 13.3 Å². The van der Waals surface area contributed by atoms with E-state index in [1.54, 1.807) is 25.3 Å². The smallest absolute Gasteiger partial charge is 0.226 e. The Labute approximate surface area is 128 Å². The molecule has 0 saturated carbocycles. The van der Waals surface area contributed by atoms with E-state index >= 15 is 0 Å². The van der Waals surface area contributed by atoms with E-state index in [4.69, 9.17) is 21.1 Å². The first-order valence-corrected chi connectivity index (χ1v) is 6.84. The summed E-state index contributed by atoms with van der Waals surface area (Å²) >= 11 is 5.87. The minimum Gasteiger partial charge on any atom is -0.382 e. The molecule has 0 aliphatic rings. The molecule has 0 aliphatic carbocycles. The van der Waals surface area contributed by atoms with Crippen LogP contribution in [0.1, 0.15) is 13.3 Å². The van der Waals surface area contributed by atoms with Gasteiger partial charge in [-0.1, -0.05) is 11.6 Å². The Bertz CT molecular complexity index is 494. The molecule has 0 aliphatic heterocycles. The minimum absolute atomic E-state index is 0.207. The molecular formula is C14H19ClN2O4. The first-order valence-electron chi connectivity index (χ1n) is 6.46. The van der Waals surface area contributed by atoms with Crippen LogP contribution in [0.3, 0.4) is 0 Å². The molecule has 0 radical (unpaired) electrons. The van der Waals surface area contributed by atoms with Gasteiger partial charge in [-0.3, -0.25) is 9.59 Å². The van der Waals surface area contributed by atoms with Crippen LogP contribution in [0.2, 0.25) is 5.02 Å². The largest absolute Gasteiger partial charge is 0.382 e. The lowest BCUT2D eigenvalue weighted by molar-refractivity contribution is -0.117. The summed E-state index contributed by atoms with van der Waals surface area (Å²) in [6, 6.07) is 4.85. The van der Waals surface area contributed by atoms with E-state index in [2.05, 4.69) is 10.6 Å². The fourth-order valence-corrected chi connectivity index (χ4v) is 1.71. The topological polar surface area (TPSA) is 76.7 Å². The van der Waals surface area contributed by atoms with Crippen molar-refractivity contribution in [3.8, 4) is 0 Å². The highest BCUT2D eigenvalue weighted by atomic mass is 35.5. The zero-order valence-corrected chi connectivity index (χ0v) is 12.8. The van der Waals surface area contributed by atoms with Gasteiger partial charge in [0.25, 0.3) is 0 Å². The minimum atomic E-state index is -0.240. The highest BCUT2D eigenvalue weighted by molar-refractivity contribution is 6.31. The van der Waals surface area contributed by atoms with Crippen LogP contribution < -0.4 is 10.6 Å². The van der Waals surface area contributed by atoms with Gasteiger partial charge in [0.2, 0.25) is 11.8 Å². The lowest BCUT2D eigenvalue weighted by Gasteiger charge is -2.12. The Kier molecular flexibility index (Phi) is 7.74. The summed E-state index contributed by atoms with van der Waals surface area (Å²) in [5.74, 6) is -0.447. The van der Waals surface area contributed by atoms with Crippen LogP contribution in [0.15, 0.2) is 18.2 Å². The molecule has 0 atom stereocenters. The number of carbonyl (C=O) groups excluding carboxylic acids is 2. The molecule has 0 unspecified atom stereocenters. The van der Waals surface area contributed by atoms with E-state index in [0.29, 0.717) is 36.2 Å². The van der Waals surface area contributed by atoms with E-state index in [0.717, 1.165) is 0 Å². The van der Waals surface area contributed by atoms with Gasteiger partial charge < -0.3 is 20.1 Å². The van der Waals surface area contributed by atoms with Gasteiger partial charge >= 0.3 is 0 Å². The average Bonchev–Trinajstić information content (AvgIpc) is 2.41. The van der Waals surface area contributed by atoms with Crippen molar-refractivity contribution in [3.63, 3.8) is 0 Å². The number of halogens is 1. The van der Waals surface area contributed by atoms with Crippen LogP contribution in [-0.2, 0) is 19.1 Å². The van der Waals surface area contributed by atoms with E-state index in [1.165, 1.54) is 6.92 Å². The fraction of sp³-hybridized carbons (Fsp3) is 0.429. The van der Waals surface area contributed by atoms with Gasteiger partial charge in [-0.15, -0.1) is 0 Å². The fourth-order valence-electron chi connectivity index (χ4n) is 1.54. The molecule has 6 nitrogen and oxygen atoms in total. The normalized spacial score (nSPS) is 10.2. The average molecular weight is 315 g/mol. The van der Waals surface area contributed by atoms with Gasteiger partial charge in [-0.2, -0.15) is 0 Å². The molecule has 0 aromatic heterocycles. The molecule has 2 N–H and O–H groups in total. The van der Waals surface area contributed by atoms with Crippen molar-refractivity contribution < 1.29 is 19.1 Å². The first kappa shape index (κ1) is 17.4. The van der Waals surface area contributed by atoms with Gasteiger partial charge in [0.15, 0.2) is 0 Å². The number of anilines is 2. The molecule has 0 heterocycles. The van der Waals surface area contributed by atoms with Gasteiger partial charge in [-0.05, 0) is 18.2 Å². The number of hydrogen-bond acceptors (Lipinski definition) is 4. The van der Waals surface area contributed by atoms with E-state index in [1.807, 2.05) is 0 Å². The Morgan fingerprint density at radius 1 is 1.14 bits per heavy atom. The third-order valence-electron chi connectivity index (χ3n) is 2.47. The predicted molar refractivity (Wildman–Crippen MR) is 81.7 cm³/mol. The highest BCUT2D eigenvalue weighted by Crippen LogP contribution is 2.25. The summed E-state index contributed by atoms with van der Waals surface area (Å²) in [5, 5.41) is 5.80. The predicted octanol–water partition coefficient (Wildman–Crippen LogP) is 2.29.